The van der Waals surface area contributed by atoms with Gasteiger partial charge in [0.15, 0.2) is 0 Å². The van der Waals surface area contributed by atoms with Gasteiger partial charge in [-0.1, -0.05) is 108 Å². The topological polar surface area (TPSA) is 26.2 Å². The van der Waals surface area contributed by atoms with Crippen molar-refractivity contribution in [3.63, 3.8) is 0 Å². The number of benzene rings is 8. The van der Waals surface area contributed by atoms with Crippen molar-refractivity contribution in [1.29, 1.82) is 0 Å². The highest BCUT2D eigenvalue weighted by molar-refractivity contribution is 6.11. The van der Waals surface area contributed by atoms with Gasteiger partial charge >= 0.3 is 0 Å². The molecule has 0 N–H and O–H groups in total. The zero-order chi connectivity index (χ0) is 40.9. The highest BCUT2D eigenvalue weighted by Gasteiger charge is 2.22. The Hall–Kier alpha value is -7.04. The molecule has 0 unspecified atom stereocenters. The van der Waals surface area contributed by atoms with Gasteiger partial charge < -0.3 is 18.5 Å². The highest BCUT2D eigenvalue weighted by Crippen LogP contribution is 2.42. The normalized spacial score (nSPS) is 12.5. The van der Waals surface area contributed by atoms with E-state index in [0.717, 1.165) is 50.4 Å². The summed E-state index contributed by atoms with van der Waals surface area (Å²) in [6.07, 6.45) is 0. The number of para-hydroxylation sites is 3. The lowest BCUT2D eigenvalue weighted by Gasteiger charge is -2.26. The van der Waals surface area contributed by atoms with Crippen LogP contribution in [0.25, 0.3) is 76.9 Å². The van der Waals surface area contributed by atoms with Crippen molar-refractivity contribution in [3.05, 3.63) is 187 Å². The second-order valence-corrected chi connectivity index (χ2v) is 18.3. The molecule has 0 radical (unpaired) electrons. The minimum absolute atomic E-state index is 0.0444. The SMILES string of the molecule is CC(C)(C)c1ccc2c(c1)c1cc(C(C)(C)C)ccc1n2-c1ccc(N(c2ccc(-n3c4ccccc4c4ccccc43)cc2)c2ccc3oc4ccccc4c3c2)cc1. The van der Waals surface area contributed by atoms with E-state index < -0.39 is 0 Å². The van der Waals surface area contributed by atoms with Crippen LogP contribution in [0, 0.1) is 0 Å². The van der Waals surface area contributed by atoms with Crippen LogP contribution in [0.5, 0.6) is 0 Å². The smallest absolute Gasteiger partial charge is 0.135 e. The first-order valence-electron chi connectivity index (χ1n) is 21.0. The molecule has 4 heteroatoms. The molecule has 11 rings (SSSR count). The second kappa shape index (κ2) is 13.2. The average molecular weight is 778 g/mol. The molecule has 0 aliphatic carbocycles. The van der Waals surface area contributed by atoms with Crippen molar-refractivity contribution >= 4 is 82.6 Å². The summed E-state index contributed by atoms with van der Waals surface area (Å²) >= 11 is 0. The molecule has 292 valence electrons. The van der Waals surface area contributed by atoms with Crippen molar-refractivity contribution in [1.82, 2.24) is 9.13 Å². The van der Waals surface area contributed by atoms with Gasteiger partial charge in [0.2, 0.25) is 0 Å². The Morgan fingerprint density at radius 1 is 0.350 bits per heavy atom. The summed E-state index contributed by atoms with van der Waals surface area (Å²) in [5, 5.41) is 7.30. The fourth-order valence-electron chi connectivity index (χ4n) is 9.24. The summed E-state index contributed by atoms with van der Waals surface area (Å²) in [6.45, 7) is 13.8. The van der Waals surface area contributed by atoms with Gasteiger partial charge in [0.05, 0.1) is 22.1 Å². The van der Waals surface area contributed by atoms with E-state index in [0.29, 0.717) is 0 Å². The monoisotopic (exact) mass is 777 g/mol. The first-order valence-corrected chi connectivity index (χ1v) is 21.0. The lowest BCUT2D eigenvalue weighted by molar-refractivity contribution is 0.590. The lowest BCUT2D eigenvalue weighted by atomic mass is 9.85. The van der Waals surface area contributed by atoms with Gasteiger partial charge in [0.1, 0.15) is 11.2 Å². The summed E-state index contributed by atoms with van der Waals surface area (Å²) < 4.78 is 11.1. The zero-order valence-electron chi connectivity index (χ0n) is 35.0. The van der Waals surface area contributed by atoms with Crippen molar-refractivity contribution in [2.45, 2.75) is 52.4 Å². The average Bonchev–Trinajstić information content (AvgIpc) is 3.91. The van der Waals surface area contributed by atoms with Gasteiger partial charge in [-0.2, -0.15) is 0 Å². The van der Waals surface area contributed by atoms with E-state index in [9.17, 15) is 0 Å². The minimum Gasteiger partial charge on any atom is -0.456 e. The van der Waals surface area contributed by atoms with Crippen LogP contribution in [-0.4, -0.2) is 9.13 Å². The predicted octanol–water partition coefficient (Wildman–Crippen LogP) is 15.8. The van der Waals surface area contributed by atoms with E-state index >= 15 is 0 Å². The molecule has 0 saturated carbocycles. The molecule has 0 aliphatic heterocycles. The zero-order valence-corrected chi connectivity index (χ0v) is 35.0. The molecule has 0 spiro atoms. The van der Waals surface area contributed by atoms with E-state index in [1.807, 2.05) is 12.1 Å². The lowest BCUT2D eigenvalue weighted by Crippen LogP contribution is -2.10. The quantitative estimate of drug-likeness (QED) is 0.174. The van der Waals surface area contributed by atoms with Crippen molar-refractivity contribution in [2.24, 2.45) is 0 Å². The number of nitrogens with zero attached hydrogens (tertiary/aromatic N) is 3. The molecule has 8 aromatic carbocycles. The number of anilines is 3. The highest BCUT2D eigenvalue weighted by atomic mass is 16.3. The molecule has 0 saturated heterocycles. The number of aromatic nitrogens is 2. The van der Waals surface area contributed by atoms with E-state index in [1.54, 1.807) is 0 Å². The Morgan fingerprint density at radius 3 is 1.27 bits per heavy atom. The Labute approximate surface area is 350 Å². The maximum absolute atomic E-state index is 6.28. The summed E-state index contributed by atoms with van der Waals surface area (Å²) in [7, 11) is 0. The van der Waals surface area contributed by atoms with E-state index in [1.165, 1.54) is 54.7 Å². The summed E-state index contributed by atoms with van der Waals surface area (Å²) in [6, 6.07) is 64.3. The number of fused-ring (bicyclic) bond motifs is 9. The van der Waals surface area contributed by atoms with Crippen LogP contribution in [0.2, 0.25) is 0 Å². The van der Waals surface area contributed by atoms with Crippen LogP contribution in [0.1, 0.15) is 52.7 Å². The van der Waals surface area contributed by atoms with Crippen LogP contribution in [-0.2, 0) is 10.8 Å². The molecule has 60 heavy (non-hydrogen) atoms. The summed E-state index contributed by atoms with van der Waals surface area (Å²) in [4.78, 5) is 2.36. The van der Waals surface area contributed by atoms with Crippen LogP contribution in [0.3, 0.4) is 0 Å². The predicted molar refractivity (Wildman–Crippen MR) is 254 cm³/mol. The van der Waals surface area contributed by atoms with Crippen molar-refractivity contribution in [2.75, 3.05) is 4.90 Å². The van der Waals surface area contributed by atoms with Gasteiger partial charge in [-0.3, -0.25) is 0 Å². The third-order valence-electron chi connectivity index (χ3n) is 12.4. The summed E-state index contributed by atoms with van der Waals surface area (Å²) in [5.41, 5.74) is 14.8. The Kier molecular flexibility index (Phi) is 7.96. The second-order valence-electron chi connectivity index (χ2n) is 18.3. The first-order chi connectivity index (χ1) is 29.0. The van der Waals surface area contributed by atoms with Crippen LogP contribution in [0.4, 0.5) is 17.1 Å². The van der Waals surface area contributed by atoms with E-state index in [-0.39, 0.29) is 10.8 Å². The third-order valence-corrected chi connectivity index (χ3v) is 12.4. The number of hydrogen-bond acceptors (Lipinski definition) is 2. The van der Waals surface area contributed by atoms with E-state index in [4.69, 9.17) is 4.42 Å². The molecule has 4 nitrogen and oxygen atoms in total. The Bertz CT molecular complexity index is 3310. The third kappa shape index (κ3) is 5.73. The molecule has 0 aliphatic rings. The fraction of sp³-hybridized carbons (Fsp3) is 0.143. The number of hydrogen-bond donors (Lipinski definition) is 0. The standard InChI is InChI=1S/C56H47N3O/c1-55(2,3)36-19-30-51-46(33-36)47-34-37(56(4,5)6)20-31-52(47)59(51)41-27-23-39(24-28-41)57(42-29-32-54-48(35-42)45-15-9-12-18-53(45)60-54)38-21-25-40(26-22-38)58-49-16-10-7-13-43(49)44-14-8-11-17-50(44)58/h7-35H,1-6H3. The molecule has 0 bridgehead atoms. The van der Waals surface area contributed by atoms with Crippen LogP contribution >= 0.6 is 0 Å². The molecule has 0 atom stereocenters. The molecule has 0 fully saturated rings. The number of furan rings is 1. The molecule has 3 aromatic heterocycles. The van der Waals surface area contributed by atoms with Gasteiger partial charge in [-0.05, 0) is 131 Å². The van der Waals surface area contributed by atoms with Crippen LogP contribution in [0.15, 0.2) is 180 Å². The molecule has 3 heterocycles. The van der Waals surface area contributed by atoms with Crippen molar-refractivity contribution in [3.8, 4) is 11.4 Å². The molecule has 11 aromatic rings. The van der Waals surface area contributed by atoms with Gasteiger partial charge in [-0.15, -0.1) is 0 Å². The molecular formula is C56H47N3O. The van der Waals surface area contributed by atoms with Gasteiger partial charge in [-0.25, -0.2) is 0 Å². The minimum atomic E-state index is 0.0444. The largest absolute Gasteiger partial charge is 0.456 e. The van der Waals surface area contributed by atoms with Gasteiger partial charge in [0.25, 0.3) is 0 Å². The Balaban J connectivity index is 1.07. The van der Waals surface area contributed by atoms with Gasteiger partial charge in [0, 0.05) is 60.8 Å². The number of rotatable bonds is 5. The molecule has 0 amide bonds. The first kappa shape index (κ1) is 36.1. The van der Waals surface area contributed by atoms with Crippen LogP contribution < -0.4 is 4.90 Å². The summed E-state index contributed by atoms with van der Waals surface area (Å²) in [5.74, 6) is 0. The van der Waals surface area contributed by atoms with E-state index in [2.05, 4.69) is 219 Å². The molecular weight excluding hydrogens is 731 g/mol. The van der Waals surface area contributed by atoms with Crippen molar-refractivity contribution < 1.29 is 4.42 Å². The maximum Gasteiger partial charge on any atom is 0.135 e. The maximum atomic E-state index is 6.28. The Morgan fingerprint density at radius 2 is 0.767 bits per heavy atom. The fourth-order valence-corrected chi connectivity index (χ4v) is 9.24.